The fourth-order valence-corrected chi connectivity index (χ4v) is 2.41. The summed E-state index contributed by atoms with van der Waals surface area (Å²) in [7, 11) is 0. The van der Waals surface area contributed by atoms with E-state index in [1.807, 2.05) is 0 Å². The predicted octanol–water partition coefficient (Wildman–Crippen LogP) is 3.90. The number of benzene rings is 1. The van der Waals surface area contributed by atoms with Gasteiger partial charge < -0.3 is 9.88 Å². The minimum absolute atomic E-state index is 0.692. The summed E-state index contributed by atoms with van der Waals surface area (Å²) in [6.45, 7) is 11.8. The van der Waals surface area contributed by atoms with Gasteiger partial charge >= 0.3 is 0 Å². The third-order valence-electron chi connectivity index (χ3n) is 3.63. The van der Waals surface area contributed by atoms with Crippen LogP contribution in [0, 0.1) is 19.8 Å². The summed E-state index contributed by atoms with van der Waals surface area (Å²) < 4.78 is 2.34. The molecule has 0 bridgehead atoms. The largest absolute Gasteiger partial charge is 0.346 e. The van der Waals surface area contributed by atoms with E-state index in [4.69, 9.17) is 0 Å². The molecule has 1 N–H and O–H groups in total. The van der Waals surface area contributed by atoms with E-state index in [9.17, 15) is 0 Å². The van der Waals surface area contributed by atoms with Gasteiger partial charge in [-0.3, -0.25) is 0 Å². The summed E-state index contributed by atoms with van der Waals surface area (Å²) in [5, 5.41) is 3.52. The number of rotatable bonds is 6. The quantitative estimate of drug-likeness (QED) is 0.842. The molecule has 0 saturated carbocycles. The van der Waals surface area contributed by atoms with Gasteiger partial charge in [0.25, 0.3) is 0 Å². The van der Waals surface area contributed by atoms with Crippen LogP contribution in [0.3, 0.4) is 0 Å². The molecule has 2 heteroatoms. The highest BCUT2D eigenvalue weighted by Crippen LogP contribution is 2.14. The van der Waals surface area contributed by atoms with E-state index in [1.54, 1.807) is 0 Å². The maximum Gasteiger partial charge on any atom is 0.0476 e. The van der Waals surface area contributed by atoms with Gasteiger partial charge in [-0.15, -0.1) is 0 Å². The Balaban J connectivity index is 2.06. The molecule has 0 aliphatic rings. The molecule has 0 saturated heterocycles. The maximum atomic E-state index is 3.52. The van der Waals surface area contributed by atoms with Crippen LogP contribution in [-0.2, 0) is 13.1 Å². The van der Waals surface area contributed by atoms with Gasteiger partial charge in [0.15, 0.2) is 0 Å². The van der Waals surface area contributed by atoms with Crippen LogP contribution < -0.4 is 5.32 Å². The molecular weight excluding hydrogens is 244 g/mol. The molecule has 20 heavy (non-hydrogen) atoms. The van der Waals surface area contributed by atoms with Gasteiger partial charge in [0, 0.05) is 25.0 Å². The Kier molecular flexibility index (Phi) is 5.02. The van der Waals surface area contributed by atoms with Crippen molar-refractivity contribution in [1.29, 1.82) is 0 Å². The Morgan fingerprint density at radius 2 is 1.95 bits per heavy atom. The van der Waals surface area contributed by atoms with Gasteiger partial charge in [0.2, 0.25) is 0 Å². The standard InChI is InChI=1S/C18H26N2/c1-14(2)11-19-12-18-6-5-9-20(18)13-17-10-15(3)7-8-16(17)4/h5-10,14,19H,11-13H2,1-4H3. The van der Waals surface area contributed by atoms with Crippen LogP contribution in [0.4, 0.5) is 0 Å². The highest BCUT2D eigenvalue weighted by molar-refractivity contribution is 5.31. The summed E-state index contributed by atoms with van der Waals surface area (Å²) in [5.41, 5.74) is 5.46. The maximum absolute atomic E-state index is 3.52. The Morgan fingerprint density at radius 1 is 1.15 bits per heavy atom. The van der Waals surface area contributed by atoms with Crippen LogP contribution in [0.5, 0.6) is 0 Å². The molecule has 0 aliphatic heterocycles. The minimum Gasteiger partial charge on any atom is -0.346 e. The number of hydrogen-bond donors (Lipinski definition) is 1. The van der Waals surface area contributed by atoms with Crippen molar-refractivity contribution in [1.82, 2.24) is 9.88 Å². The van der Waals surface area contributed by atoms with Gasteiger partial charge in [-0.2, -0.15) is 0 Å². The molecule has 1 heterocycles. The van der Waals surface area contributed by atoms with Crippen molar-refractivity contribution in [2.24, 2.45) is 5.92 Å². The molecule has 0 unspecified atom stereocenters. The first-order valence-corrected chi connectivity index (χ1v) is 7.47. The first-order chi connectivity index (χ1) is 9.56. The average molecular weight is 270 g/mol. The van der Waals surface area contributed by atoms with Crippen LogP contribution in [0.1, 0.15) is 36.2 Å². The number of hydrogen-bond acceptors (Lipinski definition) is 1. The second-order valence-corrected chi connectivity index (χ2v) is 6.08. The normalized spacial score (nSPS) is 11.2. The van der Waals surface area contributed by atoms with E-state index in [1.165, 1.54) is 22.4 Å². The van der Waals surface area contributed by atoms with Crippen LogP contribution in [-0.4, -0.2) is 11.1 Å². The molecule has 2 nitrogen and oxygen atoms in total. The second kappa shape index (κ2) is 6.76. The van der Waals surface area contributed by atoms with Crippen molar-refractivity contribution in [3.05, 3.63) is 58.9 Å². The molecule has 1 aromatic heterocycles. The van der Waals surface area contributed by atoms with Gasteiger partial charge in [0.05, 0.1) is 0 Å². The summed E-state index contributed by atoms with van der Waals surface area (Å²) >= 11 is 0. The highest BCUT2D eigenvalue weighted by Gasteiger charge is 2.04. The number of nitrogens with one attached hydrogen (secondary N) is 1. The molecule has 0 radical (unpaired) electrons. The Morgan fingerprint density at radius 3 is 2.70 bits per heavy atom. The van der Waals surface area contributed by atoms with E-state index >= 15 is 0 Å². The summed E-state index contributed by atoms with van der Waals surface area (Å²) in [4.78, 5) is 0. The summed E-state index contributed by atoms with van der Waals surface area (Å²) in [6.07, 6.45) is 2.17. The zero-order valence-electron chi connectivity index (χ0n) is 13.1. The summed E-state index contributed by atoms with van der Waals surface area (Å²) in [6, 6.07) is 11.0. The van der Waals surface area contributed by atoms with Crippen LogP contribution in [0.2, 0.25) is 0 Å². The van der Waals surface area contributed by atoms with E-state index in [0.717, 1.165) is 19.6 Å². The van der Waals surface area contributed by atoms with Crippen molar-refractivity contribution in [3.8, 4) is 0 Å². The lowest BCUT2D eigenvalue weighted by atomic mass is 10.1. The minimum atomic E-state index is 0.692. The zero-order chi connectivity index (χ0) is 14.5. The van der Waals surface area contributed by atoms with Gasteiger partial charge in [-0.1, -0.05) is 37.6 Å². The fraction of sp³-hybridized carbons (Fsp3) is 0.444. The van der Waals surface area contributed by atoms with Gasteiger partial charge in [0.1, 0.15) is 0 Å². The summed E-state index contributed by atoms with van der Waals surface area (Å²) in [5.74, 6) is 0.692. The lowest BCUT2D eigenvalue weighted by Gasteiger charge is -2.13. The predicted molar refractivity (Wildman–Crippen MR) is 86.0 cm³/mol. The third kappa shape index (κ3) is 3.97. The monoisotopic (exact) mass is 270 g/mol. The van der Waals surface area contributed by atoms with E-state index in [2.05, 4.69) is 74.1 Å². The molecule has 0 aliphatic carbocycles. The molecule has 2 aromatic rings. The lowest BCUT2D eigenvalue weighted by Crippen LogP contribution is -2.21. The van der Waals surface area contributed by atoms with Crippen molar-refractivity contribution >= 4 is 0 Å². The molecule has 0 atom stereocenters. The smallest absolute Gasteiger partial charge is 0.0476 e. The number of aromatic nitrogens is 1. The average Bonchev–Trinajstić information content (AvgIpc) is 2.81. The van der Waals surface area contributed by atoms with E-state index in [0.29, 0.717) is 5.92 Å². The molecule has 0 amide bonds. The second-order valence-electron chi connectivity index (χ2n) is 6.08. The molecule has 0 spiro atoms. The first kappa shape index (κ1) is 14.9. The Hall–Kier alpha value is -1.54. The van der Waals surface area contributed by atoms with Crippen molar-refractivity contribution in [3.63, 3.8) is 0 Å². The molecule has 2 rings (SSSR count). The van der Waals surface area contributed by atoms with Crippen LogP contribution in [0.15, 0.2) is 36.5 Å². The first-order valence-electron chi connectivity index (χ1n) is 7.47. The van der Waals surface area contributed by atoms with Crippen molar-refractivity contribution in [2.45, 2.75) is 40.8 Å². The molecule has 0 fully saturated rings. The number of aryl methyl sites for hydroxylation is 2. The molecule has 108 valence electrons. The zero-order valence-corrected chi connectivity index (χ0v) is 13.1. The molecule has 1 aromatic carbocycles. The van der Waals surface area contributed by atoms with Crippen LogP contribution >= 0.6 is 0 Å². The van der Waals surface area contributed by atoms with Gasteiger partial charge in [-0.25, -0.2) is 0 Å². The lowest BCUT2D eigenvalue weighted by molar-refractivity contribution is 0.539. The van der Waals surface area contributed by atoms with E-state index < -0.39 is 0 Å². The van der Waals surface area contributed by atoms with E-state index in [-0.39, 0.29) is 0 Å². The van der Waals surface area contributed by atoms with Gasteiger partial charge in [-0.05, 0) is 49.6 Å². The SMILES string of the molecule is Cc1ccc(C)c(Cn2cccc2CNCC(C)C)c1. The molecular formula is C18H26N2. The fourth-order valence-electron chi connectivity index (χ4n) is 2.41. The third-order valence-corrected chi connectivity index (χ3v) is 3.63. The van der Waals surface area contributed by atoms with Crippen molar-refractivity contribution < 1.29 is 0 Å². The van der Waals surface area contributed by atoms with Crippen molar-refractivity contribution in [2.75, 3.05) is 6.54 Å². The topological polar surface area (TPSA) is 17.0 Å². The number of nitrogens with zero attached hydrogens (tertiary/aromatic N) is 1. The Labute approximate surface area is 122 Å². The highest BCUT2D eigenvalue weighted by atomic mass is 15.0. The Bertz CT molecular complexity index is 552. The van der Waals surface area contributed by atoms with Crippen LogP contribution in [0.25, 0.3) is 0 Å².